The molecule has 1 aromatic heterocycles. The van der Waals surface area contributed by atoms with Gasteiger partial charge < -0.3 is 10.0 Å². The summed E-state index contributed by atoms with van der Waals surface area (Å²) in [6, 6.07) is -0.788. The Labute approximate surface area is 101 Å². The summed E-state index contributed by atoms with van der Waals surface area (Å²) in [6.45, 7) is 0.112. The lowest BCUT2D eigenvalue weighted by Gasteiger charge is -2.29. The average Bonchev–Trinajstić information content (AvgIpc) is 2.78. The van der Waals surface area contributed by atoms with Crippen LogP contribution in [0, 0.1) is 10.1 Å². The summed E-state index contributed by atoms with van der Waals surface area (Å²) < 4.78 is 1.15. The van der Waals surface area contributed by atoms with Crippen LogP contribution in [0.1, 0.15) is 12.5 Å². The SMILES string of the molecule is O=C1CCN(C(=O)O)CC1n1cc([N+](=O)[O-])cn1. The molecule has 2 heterocycles. The predicted octanol–water partition coefficient (Wildman–Crippen LogP) is 0.285. The molecule has 2 rings (SSSR count). The van der Waals surface area contributed by atoms with Gasteiger partial charge in [0.05, 0.1) is 11.5 Å². The zero-order valence-corrected chi connectivity index (χ0v) is 9.22. The molecule has 1 aliphatic heterocycles. The van der Waals surface area contributed by atoms with Crippen molar-refractivity contribution in [2.45, 2.75) is 12.5 Å². The van der Waals surface area contributed by atoms with Crippen molar-refractivity contribution in [2.24, 2.45) is 0 Å². The summed E-state index contributed by atoms with van der Waals surface area (Å²) in [5.74, 6) is -0.175. The van der Waals surface area contributed by atoms with E-state index in [1.54, 1.807) is 0 Å². The maximum atomic E-state index is 11.7. The first kappa shape index (κ1) is 12.0. The number of nitro groups is 1. The van der Waals surface area contributed by atoms with Gasteiger partial charge in [-0.3, -0.25) is 19.6 Å². The summed E-state index contributed by atoms with van der Waals surface area (Å²) in [5.41, 5.74) is -0.227. The summed E-state index contributed by atoms with van der Waals surface area (Å²) in [5, 5.41) is 23.1. The number of ketones is 1. The number of likely N-dealkylation sites (tertiary alicyclic amines) is 1. The minimum absolute atomic E-state index is 0.0347. The number of Topliss-reactive ketones (excluding diaryl/α,β-unsaturated/α-hetero) is 1. The van der Waals surface area contributed by atoms with Crippen LogP contribution < -0.4 is 0 Å². The molecule has 18 heavy (non-hydrogen) atoms. The number of hydrogen-bond donors (Lipinski definition) is 1. The number of carboxylic acid groups (broad SMARTS) is 1. The van der Waals surface area contributed by atoms with Crippen molar-refractivity contribution in [3.63, 3.8) is 0 Å². The molecule has 9 nitrogen and oxygen atoms in total. The van der Waals surface area contributed by atoms with Gasteiger partial charge in [0, 0.05) is 13.0 Å². The van der Waals surface area contributed by atoms with E-state index in [4.69, 9.17) is 5.11 Å². The topological polar surface area (TPSA) is 119 Å². The quantitative estimate of drug-likeness (QED) is 0.598. The van der Waals surface area contributed by atoms with Crippen LogP contribution in [0.5, 0.6) is 0 Å². The van der Waals surface area contributed by atoms with E-state index in [0.29, 0.717) is 0 Å². The summed E-state index contributed by atoms with van der Waals surface area (Å²) in [7, 11) is 0. The van der Waals surface area contributed by atoms with Crippen molar-refractivity contribution in [3.05, 3.63) is 22.5 Å². The number of carbonyl (C=O) groups is 2. The van der Waals surface area contributed by atoms with E-state index in [2.05, 4.69) is 5.10 Å². The Hall–Kier alpha value is -2.45. The van der Waals surface area contributed by atoms with E-state index in [0.717, 1.165) is 22.0 Å². The van der Waals surface area contributed by atoms with E-state index in [1.165, 1.54) is 0 Å². The molecule has 1 aromatic rings. The van der Waals surface area contributed by atoms with Crippen molar-refractivity contribution in [2.75, 3.05) is 13.1 Å². The van der Waals surface area contributed by atoms with E-state index in [-0.39, 0.29) is 31.0 Å². The van der Waals surface area contributed by atoms with Gasteiger partial charge >= 0.3 is 11.8 Å². The van der Waals surface area contributed by atoms with E-state index >= 15 is 0 Å². The highest BCUT2D eigenvalue weighted by Crippen LogP contribution is 2.20. The second-order valence-corrected chi connectivity index (χ2v) is 3.90. The molecule has 0 radical (unpaired) electrons. The molecule has 1 N–H and O–H groups in total. The highest BCUT2D eigenvalue weighted by atomic mass is 16.6. The predicted molar refractivity (Wildman–Crippen MR) is 57.1 cm³/mol. The Balaban J connectivity index is 2.21. The Morgan fingerprint density at radius 3 is 2.89 bits per heavy atom. The van der Waals surface area contributed by atoms with Crippen molar-refractivity contribution < 1.29 is 19.6 Å². The van der Waals surface area contributed by atoms with Crippen LogP contribution in [-0.4, -0.2) is 49.7 Å². The third-order valence-corrected chi connectivity index (χ3v) is 2.78. The largest absolute Gasteiger partial charge is 0.465 e. The first-order valence-corrected chi connectivity index (χ1v) is 5.18. The van der Waals surface area contributed by atoms with Gasteiger partial charge in [0.2, 0.25) is 0 Å². The van der Waals surface area contributed by atoms with Crippen molar-refractivity contribution >= 4 is 17.6 Å². The molecule has 0 saturated carbocycles. The van der Waals surface area contributed by atoms with Crippen LogP contribution in [0.2, 0.25) is 0 Å². The fourth-order valence-electron chi connectivity index (χ4n) is 1.81. The number of aromatic nitrogens is 2. The van der Waals surface area contributed by atoms with Gasteiger partial charge in [-0.25, -0.2) is 4.79 Å². The van der Waals surface area contributed by atoms with Crippen molar-refractivity contribution in [3.8, 4) is 0 Å². The molecular weight excluding hydrogens is 244 g/mol. The summed E-state index contributed by atoms with van der Waals surface area (Å²) in [6.07, 6.45) is 1.14. The van der Waals surface area contributed by atoms with Crippen LogP contribution >= 0.6 is 0 Å². The minimum atomic E-state index is -1.12. The first-order valence-electron chi connectivity index (χ1n) is 5.18. The van der Waals surface area contributed by atoms with Crippen molar-refractivity contribution in [1.82, 2.24) is 14.7 Å². The van der Waals surface area contributed by atoms with Gasteiger partial charge in [-0.15, -0.1) is 0 Å². The molecule has 96 valence electrons. The molecule has 1 atom stereocenters. The van der Waals surface area contributed by atoms with Gasteiger partial charge in [-0.2, -0.15) is 5.10 Å². The maximum Gasteiger partial charge on any atom is 0.407 e. The standard InChI is InChI=1S/C9H10N4O5/c14-8-1-2-11(9(15)16)5-7(8)12-4-6(3-10-12)13(17)18/h3-4,7H,1-2,5H2,(H,15,16). The Morgan fingerprint density at radius 2 is 2.33 bits per heavy atom. The first-order chi connectivity index (χ1) is 8.49. The normalized spacial score (nSPS) is 19.9. The number of carbonyl (C=O) groups excluding carboxylic acids is 1. The van der Waals surface area contributed by atoms with Gasteiger partial charge in [0.15, 0.2) is 5.78 Å². The van der Waals surface area contributed by atoms with E-state index in [1.807, 2.05) is 0 Å². The molecule has 1 saturated heterocycles. The smallest absolute Gasteiger partial charge is 0.407 e. The molecule has 1 aliphatic rings. The molecule has 0 aromatic carbocycles. The monoisotopic (exact) mass is 254 g/mol. The second kappa shape index (κ2) is 4.43. The number of nitrogens with zero attached hydrogens (tertiary/aromatic N) is 4. The highest BCUT2D eigenvalue weighted by Gasteiger charge is 2.32. The Bertz CT molecular complexity index is 511. The number of rotatable bonds is 2. The van der Waals surface area contributed by atoms with Gasteiger partial charge in [0.1, 0.15) is 18.4 Å². The number of hydrogen-bond acceptors (Lipinski definition) is 5. The minimum Gasteiger partial charge on any atom is -0.465 e. The molecule has 0 spiro atoms. The Morgan fingerprint density at radius 1 is 1.61 bits per heavy atom. The van der Waals surface area contributed by atoms with Crippen LogP contribution in [-0.2, 0) is 4.79 Å². The van der Waals surface area contributed by atoms with Crippen LogP contribution in [0.25, 0.3) is 0 Å². The summed E-state index contributed by atoms with van der Waals surface area (Å²) in [4.78, 5) is 33.5. The fourth-order valence-corrected chi connectivity index (χ4v) is 1.81. The lowest BCUT2D eigenvalue weighted by Crippen LogP contribution is -2.44. The van der Waals surface area contributed by atoms with Gasteiger partial charge in [-0.05, 0) is 0 Å². The van der Waals surface area contributed by atoms with Crippen LogP contribution in [0.3, 0.4) is 0 Å². The molecule has 1 unspecified atom stereocenters. The van der Waals surface area contributed by atoms with Crippen molar-refractivity contribution in [1.29, 1.82) is 0 Å². The molecular formula is C9H10N4O5. The van der Waals surface area contributed by atoms with Crippen LogP contribution in [0.4, 0.5) is 10.5 Å². The number of piperidine rings is 1. The molecule has 1 amide bonds. The highest BCUT2D eigenvalue weighted by molar-refractivity contribution is 5.85. The van der Waals surface area contributed by atoms with Crippen LogP contribution in [0.15, 0.2) is 12.4 Å². The lowest BCUT2D eigenvalue weighted by molar-refractivity contribution is -0.385. The summed E-state index contributed by atoms with van der Waals surface area (Å²) >= 11 is 0. The molecule has 9 heteroatoms. The Kier molecular flexibility index (Phi) is 2.96. The van der Waals surface area contributed by atoms with Gasteiger partial charge in [-0.1, -0.05) is 0 Å². The average molecular weight is 254 g/mol. The number of amides is 1. The maximum absolute atomic E-state index is 11.7. The third kappa shape index (κ3) is 2.14. The molecule has 1 fully saturated rings. The molecule has 0 aliphatic carbocycles. The van der Waals surface area contributed by atoms with E-state index in [9.17, 15) is 19.7 Å². The fraction of sp³-hybridized carbons (Fsp3) is 0.444. The molecule has 0 bridgehead atoms. The zero-order valence-electron chi connectivity index (χ0n) is 9.22. The van der Waals surface area contributed by atoms with Gasteiger partial charge in [0.25, 0.3) is 0 Å². The van der Waals surface area contributed by atoms with E-state index < -0.39 is 17.1 Å². The zero-order chi connectivity index (χ0) is 13.3. The lowest BCUT2D eigenvalue weighted by atomic mass is 10.1. The third-order valence-electron chi connectivity index (χ3n) is 2.78. The second-order valence-electron chi connectivity index (χ2n) is 3.90.